The molecule has 2 heterocycles. The molecule has 0 spiro atoms. The summed E-state index contributed by atoms with van der Waals surface area (Å²) in [5, 5.41) is 12.8. The van der Waals surface area contributed by atoms with Crippen LogP contribution in [0.25, 0.3) is 15.8 Å². The van der Waals surface area contributed by atoms with Crippen molar-refractivity contribution in [1.82, 2.24) is 20.3 Å². The molecule has 0 saturated carbocycles. The van der Waals surface area contributed by atoms with Gasteiger partial charge in [-0.2, -0.15) is 0 Å². The van der Waals surface area contributed by atoms with E-state index in [0.717, 1.165) is 15.8 Å². The molecule has 0 atom stereocenters. The van der Waals surface area contributed by atoms with Crippen molar-refractivity contribution in [3.05, 3.63) is 76.4 Å². The summed E-state index contributed by atoms with van der Waals surface area (Å²) in [4.78, 5) is 13.0. The van der Waals surface area contributed by atoms with Crippen LogP contribution in [0.5, 0.6) is 0 Å². The highest BCUT2D eigenvalue weighted by Crippen LogP contribution is 2.25. The Morgan fingerprint density at radius 2 is 1.96 bits per heavy atom. The molecule has 0 aliphatic carbocycles. The van der Waals surface area contributed by atoms with E-state index in [2.05, 4.69) is 15.6 Å². The molecule has 0 unspecified atom stereocenters. The first-order chi connectivity index (χ1) is 12.2. The third-order valence-corrected chi connectivity index (χ3v) is 5.08. The number of thiophene rings is 1. The zero-order valence-corrected chi connectivity index (χ0v) is 14.6. The Hall–Kier alpha value is -2.70. The summed E-state index contributed by atoms with van der Waals surface area (Å²) < 4.78 is 2.75. The van der Waals surface area contributed by atoms with Gasteiger partial charge in [-0.05, 0) is 41.8 Å². The fourth-order valence-electron chi connectivity index (χ4n) is 2.45. The Morgan fingerprint density at radius 3 is 2.76 bits per heavy atom. The largest absolute Gasteiger partial charge is 0.346 e. The van der Waals surface area contributed by atoms with Crippen LogP contribution in [0.2, 0.25) is 5.02 Å². The molecular formula is C18H13ClN4OS. The van der Waals surface area contributed by atoms with Gasteiger partial charge in [-0.25, -0.2) is 4.68 Å². The van der Waals surface area contributed by atoms with Crippen LogP contribution in [-0.4, -0.2) is 20.9 Å². The SMILES string of the molecule is O=C(NCc1cn(-c2ccc(Cl)cc2)nn1)c1cc2ccccc2s1. The fourth-order valence-corrected chi connectivity index (χ4v) is 3.56. The van der Waals surface area contributed by atoms with Crippen LogP contribution >= 0.6 is 22.9 Å². The third kappa shape index (κ3) is 3.40. The number of benzene rings is 2. The van der Waals surface area contributed by atoms with Gasteiger partial charge in [0.25, 0.3) is 5.91 Å². The average molecular weight is 369 g/mol. The van der Waals surface area contributed by atoms with Crippen LogP contribution in [0.15, 0.2) is 60.8 Å². The van der Waals surface area contributed by atoms with Gasteiger partial charge in [-0.3, -0.25) is 4.79 Å². The maximum atomic E-state index is 12.3. The number of hydrogen-bond acceptors (Lipinski definition) is 4. The quantitative estimate of drug-likeness (QED) is 0.590. The molecule has 25 heavy (non-hydrogen) atoms. The number of aromatic nitrogens is 3. The lowest BCUT2D eigenvalue weighted by atomic mass is 10.2. The number of nitrogens with zero attached hydrogens (tertiary/aromatic N) is 3. The monoisotopic (exact) mass is 368 g/mol. The normalized spacial score (nSPS) is 10.9. The van der Waals surface area contributed by atoms with Crippen LogP contribution in [-0.2, 0) is 6.54 Å². The van der Waals surface area contributed by atoms with Gasteiger partial charge in [0.05, 0.1) is 23.3 Å². The van der Waals surface area contributed by atoms with E-state index in [9.17, 15) is 4.79 Å². The lowest BCUT2D eigenvalue weighted by molar-refractivity contribution is 0.0954. The summed E-state index contributed by atoms with van der Waals surface area (Å²) in [6.07, 6.45) is 1.79. The van der Waals surface area contributed by atoms with Crippen molar-refractivity contribution in [2.45, 2.75) is 6.54 Å². The molecule has 0 bridgehead atoms. The zero-order valence-electron chi connectivity index (χ0n) is 13.0. The molecular weight excluding hydrogens is 356 g/mol. The summed E-state index contributed by atoms with van der Waals surface area (Å²) in [5.41, 5.74) is 1.54. The van der Waals surface area contributed by atoms with Crippen molar-refractivity contribution < 1.29 is 4.79 Å². The Bertz CT molecular complexity index is 1010. The van der Waals surface area contributed by atoms with E-state index in [1.54, 1.807) is 23.0 Å². The van der Waals surface area contributed by atoms with Crippen LogP contribution in [0, 0.1) is 0 Å². The highest BCUT2D eigenvalue weighted by atomic mass is 35.5. The number of hydrogen-bond donors (Lipinski definition) is 1. The predicted octanol–water partition coefficient (Wildman–Crippen LogP) is 4.07. The van der Waals surface area contributed by atoms with Crippen LogP contribution in [0.4, 0.5) is 0 Å². The minimum atomic E-state index is -0.109. The van der Waals surface area contributed by atoms with Gasteiger partial charge in [0, 0.05) is 9.72 Å². The second kappa shape index (κ2) is 6.66. The maximum Gasteiger partial charge on any atom is 0.261 e. The highest BCUT2D eigenvalue weighted by Gasteiger charge is 2.11. The van der Waals surface area contributed by atoms with E-state index in [0.29, 0.717) is 22.1 Å². The molecule has 1 N–H and O–H groups in total. The molecule has 2 aromatic heterocycles. The third-order valence-electron chi connectivity index (χ3n) is 3.71. The highest BCUT2D eigenvalue weighted by molar-refractivity contribution is 7.20. The van der Waals surface area contributed by atoms with Gasteiger partial charge in [0.1, 0.15) is 5.69 Å². The van der Waals surface area contributed by atoms with Crippen LogP contribution < -0.4 is 5.32 Å². The predicted molar refractivity (Wildman–Crippen MR) is 99.4 cm³/mol. The molecule has 7 heteroatoms. The Kier molecular flexibility index (Phi) is 4.21. The van der Waals surface area contributed by atoms with Gasteiger partial charge in [-0.1, -0.05) is 35.0 Å². The number of halogens is 1. The van der Waals surface area contributed by atoms with Crippen molar-refractivity contribution >= 4 is 38.9 Å². The Balaban J connectivity index is 1.44. The standard InChI is InChI=1S/C18H13ClN4OS/c19-13-5-7-15(8-6-13)23-11-14(21-22-23)10-20-18(24)17-9-12-3-1-2-4-16(12)25-17/h1-9,11H,10H2,(H,20,24). The number of fused-ring (bicyclic) bond motifs is 1. The van der Waals surface area contributed by atoms with Crippen molar-refractivity contribution in [1.29, 1.82) is 0 Å². The van der Waals surface area contributed by atoms with E-state index in [4.69, 9.17) is 11.6 Å². The van der Waals surface area contributed by atoms with E-state index < -0.39 is 0 Å². The number of amides is 1. The molecule has 4 rings (SSSR count). The molecule has 0 fully saturated rings. The summed E-state index contributed by atoms with van der Waals surface area (Å²) >= 11 is 7.36. The number of nitrogens with one attached hydrogen (secondary N) is 1. The summed E-state index contributed by atoms with van der Waals surface area (Å²) in [6, 6.07) is 17.1. The Labute approximate surface area is 152 Å². The first-order valence-corrected chi connectivity index (χ1v) is 8.82. The number of rotatable bonds is 4. The van der Waals surface area contributed by atoms with Crippen molar-refractivity contribution in [2.24, 2.45) is 0 Å². The zero-order chi connectivity index (χ0) is 17.2. The lowest BCUT2D eigenvalue weighted by Gasteiger charge is -2.00. The van der Waals surface area contributed by atoms with Crippen molar-refractivity contribution in [2.75, 3.05) is 0 Å². The Morgan fingerprint density at radius 1 is 1.16 bits per heavy atom. The molecule has 0 radical (unpaired) electrons. The fraction of sp³-hybridized carbons (Fsp3) is 0.0556. The van der Waals surface area contributed by atoms with E-state index in [1.165, 1.54) is 11.3 Å². The van der Waals surface area contributed by atoms with E-state index in [-0.39, 0.29) is 5.91 Å². The molecule has 0 aliphatic heterocycles. The van der Waals surface area contributed by atoms with Crippen molar-refractivity contribution in [3.63, 3.8) is 0 Å². The number of carbonyl (C=O) groups is 1. The molecule has 0 saturated heterocycles. The topological polar surface area (TPSA) is 59.8 Å². The molecule has 1 amide bonds. The van der Waals surface area contributed by atoms with Gasteiger partial charge in [0.2, 0.25) is 0 Å². The average Bonchev–Trinajstić information content (AvgIpc) is 3.27. The minimum Gasteiger partial charge on any atom is -0.346 e. The van der Waals surface area contributed by atoms with E-state index in [1.807, 2.05) is 42.5 Å². The summed E-state index contributed by atoms with van der Waals surface area (Å²) in [6.45, 7) is 0.320. The lowest BCUT2D eigenvalue weighted by Crippen LogP contribution is -2.21. The second-order valence-corrected chi connectivity index (χ2v) is 6.98. The smallest absolute Gasteiger partial charge is 0.261 e. The van der Waals surface area contributed by atoms with Gasteiger partial charge < -0.3 is 5.32 Å². The van der Waals surface area contributed by atoms with Crippen LogP contribution in [0.1, 0.15) is 15.4 Å². The number of carbonyl (C=O) groups excluding carboxylic acids is 1. The second-order valence-electron chi connectivity index (χ2n) is 5.46. The molecule has 4 aromatic rings. The maximum absolute atomic E-state index is 12.3. The summed E-state index contributed by atoms with van der Waals surface area (Å²) in [7, 11) is 0. The van der Waals surface area contributed by atoms with Gasteiger partial charge >= 0.3 is 0 Å². The first kappa shape index (κ1) is 15.8. The summed E-state index contributed by atoms with van der Waals surface area (Å²) in [5.74, 6) is -0.109. The first-order valence-electron chi connectivity index (χ1n) is 7.63. The molecule has 0 aliphatic rings. The molecule has 124 valence electrons. The minimum absolute atomic E-state index is 0.109. The van der Waals surface area contributed by atoms with Crippen LogP contribution in [0.3, 0.4) is 0 Å². The van der Waals surface area contributed by atoms with Gasteiger partial charge in [-0.15, -0.1) is 16.4 Å². The van der Waals surface area contributed by atoms with Gasteiger partial charge in [0.15, 0.2) is 0 Å². The van der Waals surface area contributed by atoms with Crippen molar-refractivity contribution in [3.8, 4) is 5.69 Å². The molecule has 5 nitrogen and oxygen atoms in total. The van der Waals surface area contributed by atoms with E-state index >= 15 is 0 Å². The molecule has 2 aromatic carbocycles.